The first-order chi connectivity index (χ1) is 14.9. The molecule has 3 aromatic carbocycles. The first-order valence-electron chi connectivity index (χ1n) is 9.94. The molecule has 0 unspecified atom stereocenters. The number of nitrogens with zero attached hydrogens (tertiary/aromatic N) is 1. The fraction of sp³-hybridized carbons (Fsp3) is 0.160. The monoisotopic (exact) mass is 475 g/mol. The van der Waals surface area contributed by atoms with Crippen LogP contribution in [0.1, 0.15) is 23.1 Å². The molecule has 2 heterocycles. The summed E-state index contributed by atoms with van der Waals surface area (Å²) in [6, 6.07) is 21.6. The van der Waals surface area contributed by atoms with E-state index in [1.165, 1.54) is 4.90 Å². The summed E-state index contributed by atoms with van der Waals surface area (Å²) < 4.78 is 6.50. The summed E-state index contributed by atoms with van der Waals surface area (Å²) in [6.45, 7) is 1.93. The molecule has 2 amide bonds. The molecule has 1 fully saturated rings. The highest BCUT2D eigenvalue weighted by Crippen LogP contribution is 2.52. The Morgan fingerprint density at radius 1 is 0.968 bits per heavy atom. The van der Waals surface area contributed by atoms with E-state index in [1.807, 2.05) is 49.4 Å². The van der Waals surface area contributed by atoms with E-state index in [2.05, 4.69) is 15.9 Å². The molecule has 0 N–H and O–H groups in total. The van der Waals surface area contributed by atoms with Crippen LogP contribution in [0.3, 0.4) is 0 Å². The van der Waals surface area contributed by atoms with E-state index < -0.39 is 23.2 Å². The summed E-state index contributed by atoms with van der Waals surface area (Å²) in [5.74, 6) is -1.73. The number of carbonyl (C=O) groups is 3. The molecule has 0 aliphatic carbocycles. The number of anilines is 1. The van der Waals surface area contributed by atoms with Crippen molar-refractivity contribution in [2.24, 2.45) is 5.92 Å². The van der Waals surface area contributed by atoms with Gasteiger partial charge in [0.25, 0.3) is 0 Å². The fourth-order valence-electron chi connectivity index (χ4n) is 4.67. The highest BCUT2D eigenvalue weighted by atomic mass is 79.9. The summed E-state index contributed by atoms with van der Waals surface area (Å²) in [4.78, 5) is 41.4. The number of hydrogen-bond acceptors (Lipinski definition) is 4. The van der Waals surface area contributed by atoms with E-state index in [4.69, 9.17) is 4.74 Å². The molecule has 1 saturated heterocycles. The first-order valence-corrected chi connectivity index (χ1v) is 10.7. The van der Waals surface area contributed by atoms with Crippen molar-refractivity contribution in [2.45, 2.75) is 18.8 Å². The van der Waals surface area contributed by atoms with Crippen molar-refractivity contribution >= 4 is 39.4 Å². The molecular formula is C25H18BrNO4. The molecule has 154 valence electrons. The van der Waals surface area contributed by atoms with E-state index in [0.717, 1.165) is 10.0 Å². The summed E-state index contributed by atoms with van der Waals surface area (Å²) in [7, 11) is 0. The highest BCUT2D eigenvalue weighted by molar-refractivity contribution is 9.10. The third-order valence-electron chi connectivity index (χ3n) is 6.07. The van der Waals surface area contributed by atoms with Gasteiger partial charge >= 0.3 is 5.97 Å². The second-order valence-electron chi connectivity index (χ2n) is 7.86. The van der Waals surface area contributed by atoms with Gasteiger partial charge in [-0.05, 0) is 42.8 Å². The number of rotatable bonds is 3. The number of hydrogen-bond donors (Lipinski definition) is 0. The minimum atomic E-state index is -1.38. The highest BCUT2D eigenvalue weighted by Gasteiger charge is 2.62. The van der Waals surface area contributed by atoms with Gasteiger partial charge in [0.2, 0.25) is 11.8 Å². The molecule has 2 aliphatic heterocycles. The number of amides is 2. The predicted molar refractivity (Wildman–Crippen MR) is 119 cm³/mol. The summed E-state index contributed by atoms with van der Waals surface area (Å²) in [5.41, 5.74) is 1.33. The quantitative estimate of drug-likeness (QED) is 0.316. The van der Waals surface area contributed by atoms with Gasteiger partial charge in [0.15, 0.2) is 0 Å². The van der Waals surface area contributed by atoms with Crippen molar-refractivity contribution < 1.29 is 19.1 Å². The van der Waals surface area contributed by atoms with Crippen LogP contribution in [0.15, 0.2) is 77.3 Å². The SMILES string of the molecule is Cc1ccc2c(c1)[C@@](c1ccccc1)([C@@H]1CC(=O)N(c3ccc(Br)cc3)C1=O)C(=O)O2. The number of ether oxygens (including phenoxy) is 1. The molecule has 2 atom stereocenters. The molecule has 0 saturated carbocycles. The van der Waals surface area contributed by atoms with Crippen molar-refractivity contribution in [3.8, 4) is 5.75 Å². The average Bonchev–Trinajstić information content (AvgIpc) is 3.22. The zero-order valence-electron chi connectivity index (χ0n) is 16.7. The number of fused-ring (bicyclic) bond motifs is 1. The van der Waals surface area contributed by atoms with Crippen molar-refractivity contribution in [1.29, 1.82) is 0 Å². The first kappa shape index (κ1) is 19.7. The molecule has 6 heteroatoms. The topological polar surface area (TPSA) is 63.7 Å². The average molecular weight is 476 g/mol. The summed E-state index contributed by atoms with van der Waals surface area (Å²) in [6.07, 6.45) is -0.0771. The number of imide groups is 1. The van der Waals surface area contributed by atoms with Gasteiger partial charge in [-0.1, -0.05) is 64.0 Å². The van der Waals surface area contributed by atoms with Crippen molar-refractivity contribution in [3.63, 3.8) is 0 Å². The number of aryl methyl sites for hydroxylation is 1. The Kier molecular flexibility index (Phi) is 4.55. The zero-order chi connectivity index (χ0) is 21.8. The van der Waals surface area contributed by atoms with Crippen LogP contribution >= 0.6 is 15.9 Å². The Labute approximate surface area is 187 Å². The molecule has 0 aromatic heterocycles. The maximum atomic E-state index is 13.7. The minimum Gasteiger partial charge on any atom is -0.425 e. The van der Waals surface area contributed by atoms with Crippen molar-refractivity contribution in [1.82, 2.24) is 0 Å². The zero-order valence-corrected chi connectivity index (χ0v) is 18.3. The minimum absolute atomic E-state index is 0.0771. The second kappa shape index (κ2) is 7.17. The van der Waals surface area contributed by atoms with Crippen LogP contribution in [0.5, 0.6) is 5.75 Å². The van der Waals surface area contributed by atoms with E-state index in [0.29, 0.717) is 22.6 Å². The van der Waals surface area contributed by atoms with Gasteiger partial charge < -0.3 is 4.74 Å². The molecule has 0 bridgehead atoms. The van der Waals surface area contributed by atoms with Gasteiger partial charge in [-0.25, -0.2) is 0 Å². The van der Waals surface area contributed by atoms with Crippen LogP contribution in [0, 0.1) is 12.8 Å². The van der Waals surface area contributed by atoms with Crippen LogP contribution in [0.2, 0.25) is 0 Å². The van der Waals surface area contributed by atoms with Gasteiger partial charge in [-0.15, -0.1) is 0 Å². The summed E-state index contributed by atoms with van der Waals surface area (Å²) in [5, 5.41) is 0. The van der Waals surface area contributed by atoms with Crippen LogP contribution in [-0.4, -0.2) is 17.8 Å². The third-order valence-corrected chi connectivity index (χ3v) is 6.60. The van der Waals surface area contributed by atoms with Crippen LogP contribution in [-0.2, 0) is 19.8 Å². The largest absolute Gasteiger partial charge is 0.425 e. The van der Waals surface area contributed by atoms with E-state index >= 15 is 0 Å². The Hall–Kier alpha value is -3.25. The second-order valence-corrected chi connectivity index (χ2v) is 8.78. The maximum absolute atomic E-state index is 13.7. The Bertz CT molecular complexity index is 1220. The number of carbonyl (C=O) groups excluding carboxylic acids is 3. The van der Waals surface area contributed by atoms with Gasteiger partial charge in [0.05, 0.1) is 11.6 Å². The van der Waals surface area contributed by atoms with Crippen molar-refractivity contribution in [3.05, 3.63) is 94.0 Å². The lowest BCUT2D eigenvalue weighted by molar-refractivity contribution is -0.141. The maximum Gasteiger partial charge on any atom is 0.327 e. The van der Waals surface area contributed by atoms with Gasteiger partial charge in [0, 0.05) is 16.5 Å². The molecule has 0 radical (unpaired) electrons. The summed E-state index contributed by atoms with van der Waals surface area (Å²) >= 11 is 3.37. The van der Waals surface area contributed by atoms with E-state index in [-0.39, 0.29) is 12.3 Å². The van der Waals surface area contributed by atoms with Crippen LogP contribution in [0.25, 0.3) is 0 Å². The standard InChI is InChI=1S/C25H18BrNO4/c1-15-7-12-21-19(13-15)25(24(30)31-21,16-5-3-2-4-6-16)20-14-22(28)27(23(20)29)18-10-8-17(26)9-11-18/h2-13,20H,14H2,1H3/t20-,25+/m1/s1. The molecule has 2 aliphatic rings. The van der Waals surface area contributed by atoms with Crippen molar-refractivity contribution in [2.75, 3.05) is 4.90 Å². The molecular weight excluding hydrogens is 458 g/mol. The number of halogens is 1. The number of benzene rings is 3. The molecule has 3 aromatic rings. The lowest BCUT2D eigenvalue weighted by atomic mass is 9.65. The number of esters is 1. The predicted octanol–water partition coefficient (Wildman–Crippen LogP) is 4.54. The lowest BCUT2D eigenvalue weighted by Gasteiger charge is -2.31. The van der Waals surface area contributed by atoms with Gasteiger partial charge in [-0.3, -0.25) is 19.3 Å². The molecule has 31 heavy (non-hydrogen) atoms. The van der Waals surface area contributed by atoms with Crippen LogP contribution < -0.4 is 9.64 Å². The Morgan fingerprint density at radius 3 is 2.39 bits per heavy atom. The fourth-order valence-corrected chi connectivity index (χ4v) is 4.93. The van der Waals surface area contributed by atoms with Crippen LogP contribution in [0.4, 0.5) is 5.69 Å². The van der Waals surface area contributed by atoms with Gasteiger partial charge in [-0.2, -0.15) is 0 Å². The van der Waals surface area contributed by atoms with Gasteiger partial charge in [0.1, 0.15) is 11.2 Å². The molecule has 5 nitrogen and oxygen atoms in total. The normalized spacial score (nSPS) is 22.6. The third kappa shape index (κ3) is 2.86. The molecule has 5 rings (SSSR count). The van der Waals surface area contributed by atoms with E-state index in [9.17, 15) is 14.4 Å². The Morgan fingerprint density at radius 2 is 1.68 bits per heavy atom. The smallest absolute Gasteiger partial charge is 0.327 e. The lowest BCUT2D eigenvalue weighted by Crippen LogP contribution is -2.46. The Balaban J connectivity index is 1.71. The molecule has 0 spiro atoms. The van der Waals surface area contributed by atoms with E-state index in [1.54, 1.807) is 30.3 Å².